The lowest BCUT2D eigenvalue weighted by Gasteiger charge is -2.56. The summed E-state index contributed by atoms with van der Waals surface area (Å²) < 4.78 is 7.37. The highest BCUT2D eigenvalue weighted by atomic mass is 16.5. The van der Waals surface area contributed by atoms with Crippen LogP contribution in [0.5, 0.6) is 0 Å². The Bertz CT molecular complexity index is 1190. The van der Waals surface area contributed by atoms with Crippen molar-refractivity contribution in [3.05, 3.63) is 23.3 Å². The second-order valence-electron chi connectivity index (χ2n) is 17.1. The van der Waals surface area contributed by atoms with Crippen LogP contribution in [0.2, 0.25) is 0 Å². The summed E-state index contributed by atoms with van der Waals surface area (Å²) in [6.45, 7) is 17.6. The van der Waals surface area contributed by atoms with E-state index in [1.54, 1.807) is 6.08 Å². The number of hydrogen-bond acceptors (Lipinski definition) is 3. The molecule has 214 valence electrons. The average molecular weight is 533 g/mol. The van der Waals surface area contributed by atoms with Gasteiger partial charge in [-0.2, -0.15) is 0 Å². The van der Waals surface area contributed by atoms with Gasteiger partial charge < -0.3 is 4.74 Å². The predicted molar refractivity (Wildman–Crippen MR) is 155 cm³/mol. The van der Waals surface area contributed by atoms with Gasteiger partial charge in [-0.25, -0.2) is 0 Å². The molecule has 0 amide bonds. The molecule has 0 N–H and O–H groups in total. The van der Waals surface area contributed by atoms with Crippen molar-refractivity contribution in [3.63, 3.8) is 0 Å². The molecule has 3 nitrogen and oxygen atoms in total. The number of hydrogen-bond donors (Lipinski definition) is 0. The molecule has 3 heteroatoms. The van der Waals surface area contributed by atoms with Gasteiger partial charge in [0.25, 0.3) is 0 Å². The van der Waals surface area contributed by atoms with Crippen LogP contribution in [0.3, 0.4) is 0 Å². The van der Waals surface area contributed by atoms with Crippen LogP contribution in [0, 0.1) is 50.7 Å². The van der Waals surface area contributed by atoms with Gasteiger partial charge >= 0.3 is 0 Å². The molecule has 0 aromatic heterocycles. The molecular formula is C36H52O3. The molecular weight excluding hydrogens is 480 g/mol. The highest BCUT2D eigenvalue weighted by Gasteiger charge is 2.69. The van der Waals surface area contributed by atoms with Crippen LogP contribution in [-0.4, -0.2) is 23.3 Å². The normalized spacial score (nSPS) is 54.1. The van der Waals surface area contributed by atoms with Crippen molar-refractivity contribution in [2.24, 2.45) is 50.7 Å². The summed E-state index contributed by atoms with van der Waals surface area (Å²) in [5, 5.41) is 0. The van der Waals surface area contributed by atoms with Crippen molar-refractivity contribution in [1.29, 1.82) is 0 Å². The van der Waals surface area contributed by atoms with Crippen molar-refractivity contribution >= 4 is 11.6 Å². The standard InChI is InChI=1S/C36H52O3/c1-31(2)15-8-16-36(7)27(31)13-19-35(6)29(39-36)14-20-34(35,5)24-12-17-32(3)23(24)11-18-33(4)28(32)21-22-25(37)9-10-26(38)30(22)33/h9-10,23-24,27-29H,8,11-21H2,1-7H3/t23-,24-,27+,28+,29+,32-,33+,34-,35-,36+/m1/s1. The van der Waals surface area contributed by atoms with E-state index in [-0.39, 0.29) is 38.8 Å². The van der Waals surface area contributed by atoms with Crippen molar-refractivity contribution in [1.82, 2.24) is 0 Å². The molecule has 1 heterocycles. The quantitative estimate of drug-likeness (QED) is 0.318. The molecule has 6 aliphatic carbocycles. The van der Waals surface area contributed by atoms with Crippen LogP contribution < -0.4 is 0 Å². The largest absolute Gasteiger partial charge is 0.371 e. The maximum absolute atomic E-state index is 13.1. The zero-order valence-corrected chi connectivity index (χ0v) is 25.8. The third kappa shape index (κ3) is 3.21. The van der Waals surface area contributed by atoms with E-state index in [0.717, 1.165) is 24.0 Å². The minimum Gasteiger partial charge on any atom is -0.371 e. The number of carbonyl (C=O) groups is 2. The number of allylic oxidation sites excluding steroid dienone is 4. The Labute approximate surface area is 237 Å². The first-order chi connectivity index (χ1) is 18.2. The third-order valence-corrected chi connectivity index (χ3v) is 15.4. The molecule has 7 rings (SSSR count). The summed E-state index contributed by atoms with van der Waals surface area (Å²) >= 11 is 0. The van der Waals surface area contributed by atoms with Gasteiger partial charge in [0, 0.05) is 16.6 Å². The van der Waals surface area contributed by atoms with Gasteiger partial charge in [-0.1, -0.05) is 48.0 Å². The molecule has 1 saturated heterocycles. The Morgan fingerprint density at radius 3 is 2.15 bits per heavy atom. The molecule has 0 bridgehead atoms. The van der Waals surface area contributed by atoms with Gasteiger partial charge in [0.15, 0.2) is 11.6 Å². The van der Waals surface area contributed by atoms with E-state index >= 15 is 0 Å². The van der Waals surface area contributed by atoms with Crippen molar-refractivity contribution in [3.8, 4) is 0 Å². The topological polar surface area (TPSA) is 43.4 Å². The van der Waals surface area contributed by atoms with E-state index < -0.39 is 0 Å². The summed E-state index contributed by atoms with van der Waals surface area (Å²) in [6, 6.07) is 0. The van der Waals surface area contributed by atoms with Crippen LogP contribution in [0.15, 0.2) is 23.3 Å². The van der Waals surface area contributed by atoms with Crippen LogP contribution in [-0.2, 0) is 14.3 Å². The fraction of sp³-hybridized carbons (Fsp3) is 0.833. The molecule has 4 saturated carbocycles. The molecule has 0 radical (unpaired) electrons. The number of rotatable bonds is 1. The van der Waals surface area contributed by atoms with E-state index in [9.17, 15) is 9.59 Å². The van der Waals surface area contributed by atoms with Crippen LogP contribution >= 0.6 is 0 Å². The monoisotopic (exact) mass is 532 g/mol. The molecule has 5 fully saturated rings. The third-order valence-electron chi connectivity index (χ3n) is 15.4. The lowest BCUT2D eigenvalue weighted by molar-refractivity contribution is -0.179. The van der Waals surface area contributed by atoms with E-state index in [4.69, 9.17) is 4.74 Å². The van der Waals surface area contributed by atoms with Crippen LogP contribution in [0.25, 0.3) is 0 Å². The van der Waals surface area contributed by atoms with E-state index in [2.05, 4.69) is 48.5 Å². The minimum absolute atomic E-state index is 0.0218. The first-order valence-corrected chi connectivity index (χ1v) is 16.4. The smallest absolute Gasteiger partial charge is 0.182 e. The summed E-state index contributed by atoms with van der Waals surface area (Å²) in [6.07, 6.45) is 18.0. The van der Waals surface area contributed by atoms with Gasteiger partial charge in [-0.05, 0) is 135 Å². The Morgan fingerprint density at radius 2 is 1.38 bits per heavy atom. The van der Waals surface area contributed by atoms with Gasteiger partial charge in [0.1, 0.15) is 0 Å². The molecule has 7 aliphatic rings. The van der Waals surface area contributed by atoms with Gasteiger partial charge in [0.05, 0.1) is 11.7 Å². The highest BCUT2D eigenvalue weighted by Crippen LogP contribution is 2.75. The van der Waals surface area contributed by atoms with Gasteiger partial charge in [-0.15, -0.1) is 0 Å². The average Bonchev–Trinajstić information content (AvgIpc) is 3.43. The summed E-state index contributed by atoms with van der Waals surface area (Å²) in [5.74, 6) is 2.64. The molecule has 0 unspecified atom stereocenters. The summed E-state index contributed by atoms with van der Waals surface area (Å²) in [4.78, 5) is 26.0. The fourth-order valence-electron chi connectivity index (χ4n) is 13.1. The lowest BCUT2D eigenvalue weighted by atomic mass is 9.48. The zero-order chi connectivity index (χ0) is 27.8. The second kappa shape index (κ2) is 7.99. The first kappa shape index (κ1) is 26.7. The first-order valence-electron chi connectivity index (χ1n) is 16.4. The number of ketones is 2. The summed E-state index contributed by atoms with van der Waals surface area (Å²) in [7, 11) is 0. The Morgan fingerprint density at radius 1 is 0.692 bits per heavy atom. The van der Waals surface area contributed by atoms with Gasteiger partial charge in [0.2, 0.25) is 0 Å². The van der Waals surface area contributed by atoms with Crippen molar-refractivity contribution in [2.75, 3.05) is 0 Å². The molecule has 10 atom stereocenters. The number of fused-ring (bicyclic) bond motifs is 6. The molecule has 1 aliphatic heterocycles. The fourth-order valence-corrected chi connectivity index (χ4v) is 13.1. The van der Waals surface area contributed by atoms with E-state index in [0.29, 0.717) is 35.2 Å². The number of ether oxygens (including phenoxy) is 1. The van der Waals surface area contributed by atoms with Crippen molar-refractivity contribution in [2.45, 2.75) is 137 Å². The second-order valence-corrected chi connectivity index (χ2v) is 17.1. The molecule has 0 aromatic rings. The SMILES string of the molecule is CC1(C)CCC[C@]2(C)O[C@H]3CC[C@](C)([C@@H]4CC[C@]5(C)[C@@H]4CC[C@]4(C)C6=C(C[C@@H]54)C(=O)C=CC6=O)[C@]3(C)CC[C@@H]12. The highest BCUT2D eigenvalue weighted by molar-refractivity contribution is 6.21. The molecule has 0 aromatic carbocycles. The van der Waals surface area contributed by atoms with Crippen LogP contribution in [0.1, 0.15) is 126 Å². The van der Waals surface area contributed by atoms with Crippen LogP contribution in [0.4, 0.5) is 0 Å². The number of carbonyl (C=O) groups excluding carboxylic acids is 2. The maximum atomic E-state index is 13.1. The zero-order valence-electron chi connectivity index (χ0n) is 25.8. The predicted octanol–water partition coefficient (Wildman–Crippen LogP) is 8.41. The lowest BCUT2D eigenvalue weighted by Crippen LogP contribution is -2.52. The Balaban J connectivity index is 1.21. The Kier molecular flexibility index (Phi) is 5.46. The van der Waals surface area contributed by atoms with Crippen molar-refractivity contribution < 1.29 is 14.3 Å². The maximum Gasteiger partial charge on any atom is 0.182 e. The summed E-state index contributed by atoms with van der Waals surface area (Å²) in [5.41, 5.74) is 2.67. The van der Waals surface area contributed by atoms with E-state index in [1.807, 2.05) is 0 Å². The van der Waals surface area contributed by atoms with E-state index in [1.165, 1.54) is 70.3 Å². The van der Waals surface area contributed by atoms with Gasteiger partial charge in [-0.3, -0.25) is 9.59 Å². The molecule has 0 spiro atoms. The Hall–Kier alpha value is -1.22. The minimum atomic E-state index is -0.142. The molecule has 39 heavy (non-hydrogen) atoms.